The summed E-state index contributed by atoms with van der Waals surface area (Å²) in [5, 5.41) is 3.09. The van der Waals surface area contributed by atoms with Crippen LogP contribution in [-0.2, 0) is 19.1 Å². The molecule has 1 amide bonds. The Morgan fingerprint density at radius 2 is 2.10 bits per heavy atom. The van der Waals surface area contributed by atoms with E-state index in [1.165, 1.54) is 39.6 Å². The van der Waals surface area contributed by atoms with Gasteiger partial charge >= 0.3 is 5.69 Å². The summed E-state index contributed by atoms with van der Waals surface area (Å²) >= 11 is 5.79. The Kier molecular flexibility index (Phi) is 4.70. The highest BCUT2D eigenvalue weighted by Gasteiger charge is 2.36. The van der Waals surface area contributed by atoms with Crippen LogP contribution in [0.5, 0.6) is 0 Å². The van der Waals surface area contributed by atoms with E-state index < -0.39 is 17.3 Å². The van der Waals surface area contributed by atoms with E-state index in [0.29, 0.717) is 16.4 Å². The molecule has 0 bridgehead atoms. The van der Waals surface area contributed by atoms with Crippen molar-refractivity contribution in [3.05, 3.63) is 81.0 Å². The fourth-order valence-electron chi connectivity index (χ4n) is 3.49. The van der Waals surface area contributed by atoms with E-state index in [-0.39, 0.29) is 29.3 Å². The van der Waals surface area contributed by atoms with E-state index in [0.717, 1.165) is 0 Å². The lowest BCUT2D eigenvalue weighted by Gasteiger charge is -2.31. The number of imidazole rings is 1. The summed E-state index contributed by atoms with van der Waals surface area (Å²) in [6, 6.07) is 7.19. The fourth-order valence-corrected chi connectivity index (χ4v) is 3.60. The second-order valence-electron chi connectivity index (χ2n) is 7.28. The Morgan fingerprint density at radius 1 is 1.33 bits per heavy atom. The monoisotopic (exact) mass is 428 g/mol. The van der Waals surface area contributed by atoms with Gasteiger partial charge < -0.3 is 15.6 Å². The second kappa shape index (κ2) is 7.10. The Balaban J connectivity index is 1.69. The third-order valence-corrected chi connectivity index (χ3v) is 5.22. The molecule has 1 atom stereocenters. The SMILES string of the molecule is Cn1cc2n(c1=O)C[C@@](C)(c1cc(NC(=O)c3ccc(Cl)cn3)ccc1F)N=C2N. The maximum Gasteiger partial charge on any atom is 0.328 e. The largest absolute Gasteiger partial charge is 0.382 e. The van der Waals surface area contributed by atoms with E-state index in [1.807, 2.05) is 0 Å². The van der Waals surface area contributed by atoms with Gasteiger partial charge in [0.05, 0.1) is 11.6 Å². The zero-order valence-corrected chi connectivity index (χ0v) is 16.9. The number of amides is 1. The number of hydrogen-bond acceptors (Lipinski definition) is 5. The third-order valence-electron chi connectivity index (χ3n) is 5.00. The Hall–Kier alpha value is -3.46. The van der Waals surface area contributed by atoms with Crippen LogP contribution in [0.25, 0.3) is 0 Å². The van der Waals surface area contributed by atoms with Crippen molar-refractivity contribution < 1.29 is 9.18 Å². The highest BCUT2D eigenvalue weighted by atomic mass is 35.5. The van der Waals surface area contributed by atoms with E-state index in [9.17, 15) is 14.0 Å². The highest BCUT2D eigenvalue weighted by Crippen LogP contribution is 2.34. The van der Waals surface area contributed by atoms with Crippen LogP contribution in [-0.4, -0.2) is 25.9 Å². The molecule has 3 heterocycles. The lowest BCUT2D eigenvalue weighted by Crippen LogP contribution is -2.41. The predicted octanol–water partition coefficient (Wildman–Crippen LogP) is 2.26. The molecule has 10 heteroatoms. The molecule has 3 N–H and O–H groups in total. The molecule has 0 saturated heterocycles. The van der Waals surface area contributed by atoms with Gasteiger partial charge in [-0.25, -0.2) is 14.2 Å². The first-order valence-corrected chi connectivity index (χ1v) is 9.40. The summed E-state index contributed by atoms with van der Waals surface area (Å²) < 4.78 is 17.6. The number of nitrogens with one attached hydrogen (secondary N) is 1. The lowest BCUT2D eigenvalue weighted by atomic mass is 9.90. The number of nitrogens with two attached hydrogens (primary N) is 1. The first kappa shape index (κ1) is 19.8. The number of carbonyl (C=O) groups excluding carboxylic acids is 1. The van der Waals surface area contributed by atoms with Crippen molar-refractivity contribution in [1.29, 1.82) is 0 Å². The highest BCUT2D eigenvalue weighted by molar-refractivity contribution is 6.30. The number of fused-ring (bicyclic) bond motifs is 1. The summed E-state index contributed by atoms with van der Waals surface area (Å²) in [6.45, 7) is 1.79. The predicted molar refractivity (Wildman–Crippen MR) is 111 cm³/mol. The number of pyridine rings is 1. The molecular formula is C20H18ClFN6O2. The van der Waals surface area contributed by atoms with Crippen molar-refractivity contribution in [3.8, 4) is 0 Å². The summed E-state index contributed by atoms with van der Waals surface area (Å²) in [6.07, 6.45) is 2.95. The van der Waals surface area contributed by atoms with Crippen LogP contribution in [0.1, 0.15) is 28.7 Å². The number of halogens is 2. The smallest absolute Gasteiger partial charge is 0.328 e. The van der Waals surface area contributed by atoms with Gasteiger partial charge in [-0.05, 0) is 37.3 Å². The summed E-state index contributed by atoms with van der Waals surface area (Å²) in [5.74, 6) is -0.854. The van der Waals surface area contributed by atoms with Gasteiger partial charge in [0.15, 0.2) is 0 Å². The number of hydrogen-bond donors (Lipinski definition) is 2. The maximum absolute atomic E-state index is 14.8. The lowest BCUT2D eigenvalue weighted by molar-refractivity contribution is 0.102. The number of nitrogens with zero attached hydrogens (tertiary/aromatic N) is 4. The molecular weight excluding hydrogens is 411 g/mol. The van der Waals surface area contributed by atoms with Crippen molar-refractivity contribution in [2.75, 3.05) is 5.32 Å². The topological polar surface area (TPSA) is 107 Å². The number of aliphatic imine (C=N–C) groups is 1. The van der Waals surface area contributed by atoms with Crippen LogP contribution in [0.15, 0.2) is 52.5 Å². The Bertz CT molecular complexity index is 1250. The minimum Gasteiger partial charge on any atom is -0.382 e. The quantitative estimate of drug-likeness (QED) is 0.667. The second-order valence-corrected chi connectivity index (χ2v) is 7.71. The number of carbonyl (C=O) groups is 1. The van der Waals surface area contributed by atoms with Crippen LogP contribution >= 0.6 is 11.6 Å². The number of anilines is 1. The molecule has 154 valence electrons. The zero-order chi connectivity index (χ0) is 21.6. The van der Waals surface area contributed by atoms with Crippen molar-refractivity contribution in [2.24, 2.45) is 17.8 Å². The van der Waals surface area contributed by atoms with Gasteiger partial charge in [-0.3, -0.25) is 14.4 Å². The standard InChI is InChI=1S/C20H18ClFN6O2/c1-20(10-28-16(17(23)26-20)9-27(2)19(28)30)13-7-12(4-5-14(13)22)25-18(29)15-6-3-11(21)8-24-15/h3-9H,10H2,1-2H3,(H2,23,26)(H,25,29)/t20-/m0/s1. The molecule has 4 rings (SSSR count). The molecule has 0 radical (unpaired) electrons. The number of rotatable bonds is 3. The zero-order valence-electron chi connectivity index (χ0n) is 16.2. The molecule has 0 unspecified atom stereocenters. The van der Waals surface area contributed by atoms with Gasteiger partial charge in [0.2, 0.25) is 0 Å². The number of aryl methyl sites for hydroxylation is 1. The van der Waals surface area contributed by atoms with E-state index in [1.54, 1.807) is 26.2 Å². The van der Waals surface area contributed by atoms with Crippen LogP contribution in [0, 0.1) is 5.82 Å². The number of benzene rings is 1. The molecule has 0 fully saturated rings. The number of aromatic nitrogens is 3. The average molecular weight is 429 g/mol. The Labute approximate surface area is 175 Å². The van der Waals surface area contributed by atoms with Crippen LogP contribution in [0.4, 0.5) is 10.1 Å². The van der Waals surface area contributed by atoms with E-state index >= 15 is 0 Å². The molecule has 1 aliphatic heterocycles. The molecule has 8 nitrogen and oxygen atoms in total. The van der Waals surface area contributed by atoms with Crippen LogP contribution in [0.2, 0.25) is 5.02 Å². The third kappa shape index (κ3) is 3.37. The van der Waals surface area contributed by atoms with Crippen molar-refractivity contribution in [2.45, 2.75) is 19.0 Å². The fraction of sp³-hybridized carbons (Fsp3) is 0.200. The van der Waals surface area contributed by atoms with Crippen molar-refractivity contribution >= 4 is 29.0 Å². The molecule has 30 heavy (non-hydrogen) atoms. The molecule has 0 saturated carbocycles. The van der Waals surface area contributed by atoms with Gasteiger partial charge in [-0.1, -0.05) is 11.6 Å². The van der Waals surface area contributed by atoms with E-state index in [4.69, 9.17) is 17.3 Å². The van der Waals surface area contributed by atoms with Gasteiger partial charge in [-0.15, -0.1) is 0 Å². The summed E-state index contributed by atoms with van der Waals surface area (Å²) in [4.78, 5) is 33.3. The van der Waals surface area contributed by atoms with Crippen LogP contribution in [0.3, 0.4) is 0 Å². The van der Waals surface area contributed by atoms with Gasteiger partial charge in [-0.2, -0.15) is 0 Å². The normalized spacial score (nSPS) is 17.9. The maximum atomic E-state index is 14.8. The van der Waals surface area contributed by atoms with Crippen LogP contribution < -0.4 is 16.7 Å². The molecule has 1 aromatic carbocycles. The molecule has 0 spiro atoms. The summed E-state index contributed by atoms with van der Waals surface area (Å²) in [7, 11) is 1.61. The van der Waals surface area contributed by atoms with Crippen molar-refractivity contribution in [3.63, 3.8) is 0 Å². The van der Waals surface area contributed by atoms with Gasteiger partial charge in [0.1, 0.15) is 28.6 Å². The molecule has 0 aliphatic carbocycles. The molecule has 1 aliphatic rings. The average Bonchev–Trinajstić information content (AvgIpc) is 2.98. The minimum atomic E-state index is -1.13. The molecule has 3 aromatic rings. The minimum absolute atomic E-state index is 0.107. The molecule has 2 aromatic heterocycles. The van der Waals surface area contributed by atoms with E-state index in [2.05, 4.69) is 15.3 Å². The number of amidine groups is 1. The summed E-state index contributed by atoms with van der Waals surface area (Å²) in [5.41, 5.74) is 5.87. The first-order valence-electron chi connectivity index (χ1n) is 9.03. The Morgan fingerprint density at radius 3 is 2.80 bits per heavy atom. The first-order chi connectivity index (χ1) is 14.2. The van der Waals surface area contributed by atoms with Gasteiger partial charge in [0, 0.05) is 30.7 Å². The van der Waals surface area contributed by atoms with Gasteiger partial charge in [0.25, 0.3) is 5.91 Å². The van der Waals surface area contributed by atoms with Crippen molar-refractivity contribution in [1.82, 2.24) is 14.1 Å².